The molecule has 3 heterocycles. The zero-order valence-corrected chi connectivity index (χ0v) is 16.9. The molecule has 8 heteroatoms. The molecule has 1 saturated heterocycles. The number of aryl methyl sites for hydroxylation is 2. The van der Waals surface area contributed by atoms with E-state index >= 15 is 0 Å². The molecular formula is C18H23N3O3S2. The van der Waals surface area contributed by atoms with Crippen molar-refractivity contribution < 1.29 is 13.2 Å². The molecule has 6 nitrogen and oxygen atoms in total. The van der Waals surface area contributed by atoms with Crippen molar-refractivity contribution in [2.45, 2.75) is 52.0 Å². The van der Waals surface area contributed by atoms with Crippen LogP contribution >= 0.6 is 11.3 Å². The van der Waals surface area contributed by atoms with Gasteiger partial charge in [-0.25, -0.2) is 18.4 Å². The van der Waals surface area contributed by atoms with Crippen molar-refractivity contribution in [1.82, 2.24) is 14.9 Å². The quantitative estimate of drug-likeness (QED) is 0.798. The van der Waals surface area contributed by atoms with E-state index in [1.54, 1.807) is 4.90 Å². The first-order valence-corrected chi connectivity index (χ1v) is 11.7. The van der Waals surface area contributed by atoms with Crippen LogP contribution in [-0.2, 0) is 9.84 Å². The number of amides is 1. The first-order valence-electron chi connectivity index (χ1n) is 9.09. The van der Waals surface area contributed by atoms with E-state index in [9.17, 15) is 13.2 Å². The number of hydrogen-bond donors (Lipinski definition) is 0. The van der Waals surface area contributed by atoms with Gasteiger partial charge in [-0.3, -0.25) is 4.79 Å². The lowest BCUT2D eigenvalue weighted by molar-refractivity contribution is 0.0713. The van der Waals surface area contributed by atoms with Crippen molar-refractivity contribution in [3.05, 3.63) is 22.0 Å². The van der Waals surface area contributed by atoms with Crippen LogP contribution < -0.4 is 0 Å². The molecule has 0 unspecified atom stereocenters. The molecule has 2 aliphatic rings. The Balaban J connectivity index is 1.72. The van der Waals surface area contributed by atoms with E-state index in [1.165, 1.54) is 11.3 Å². The Labute approximate surface area is 157 Å². The molecule has 0 N–H and O–H groups in total. The van der Waals surface area contributed by atoms with Gasteiger partial charge in [-0.1, -0.05) is 0 Å². The summed E-state index contributed by atoms with van der Waals surface area (Å²) in [4.78, 5) is 25.8. The third kappa shape index (κ3) is 3.03. The van der Waals surface area contributed by atoms with Crippen LogP contribution in [0.3, 0.4) is 0 Å². The fraction of sp³-hybridized carbons (Fsp3) is 0.611. The molecular weight excluding hydrogens is 370 g/mol. The number of sulfone groups is 1. The van der Waals surface area contributed by atoms with Crippen molar-refractivity contribution in [3.8, 4) is 0 Å². The van der Waals surface area contributed by atoms with Crippen molar-refractivity contribution in [1.29, 1.82) is 0 Å². The lowest BCUT2D eigenvalue weighted by Gasteiger charge is -2.26. The number of carbonyl (C=O) groups excluding carboxylic acids is 1. The molecule has 4 rings (SSSR count). The largest absolute Gasteiger partial charge is 0.334 e. The standard InChI is InChI=1S/C18H23N3O3S2/c1-4-21(13-7-8-26(23,24)9-13)18(22)15-10(2)14-11(3)19-16(12-5-6-12)20-17(14)25-15/h12-13H,4-9H2,1-3H3/t13-/m1/s1. The highest BCUT2D eigenvalue weighted by Crippen LogP contribution is 2.40. The van der Waals surface area contributed by atoms with E-state index in [0.29, 0.717) is 23.8 Å². The van der Waals surface area contributed by atoms with Crippen LogP contribution in [0.1, 0.15) is 58.9 Å². The summed E-state index contributed by atoms with van der Waals surface area (Å²) in [6.45, 7) is 6.33. The van der Waals surface area contributed by atoms with Gasteiger partial charge in [-0.15, -0.1) is 11.3 Å². The predicted molar refractivity (Wildman–Crippen MR) is 103 cm³/mol. The molecule has 1 saturated carbocycles. The number of aromatic nitrogens is 2. The summed E-state index contributed by atoms with van der Waals surface area (Å²) in [6.07, 6.45) is 2.80. The van der Waals surface area contributed by atoms with Crippen LogP contribution in [0.4, 0.5) is 0 Å². The maximum Gasteiger partial charge on any atom is 0.264 e. The average molecular weight is 394 g/mol. The number of rotatable bonds is 4. The smallest absolute Gasteiger partial charge is 0.264 e. The molecule has 0 spiro atoms. The fourth-order valence-electron chi connectivity index (χ4n) is 3.81. The highest BCUT2D eigenvalue weighted by Gasteiger charge is 2.35. The molecule has 1 aliphatic carbocycles. The molecule has 0 aromatic carbocycles. The molecule has 1 amide bonds. The summed E-state index contributed by atoms with van der Waals surface area (Å²) in [5.74, 6) is 1.52. The highest BCUT2D eigenvalue weighted by molar-refractivity contribution is 7.91. The summed E-state index contributed by atoms with van der Waals surface area (Å²) >= 11 is 1.42. The highest BCUT2D eigenvalue weighted by atomic mass is 32.2. The first-order chi connectivity index (χ1) is 12.3. The third-order valence-electron chi connectivity index (χ3n) is 5.38. The molecule has 2 fully saturated rings. The number of fused-ring (bicyclic) bond motifs is 1. The van der Waals surface area contributed by atoms with E-state index in [4.69, 9.17) is 4.98 Å². The van der Waals surface area contributed by atoms with Crippen molar-refractivity contribution >= 4 is 37.3 Å². The second-order valence-corrected chi connectivity index (χ2v) is 10.6. The van der Waals surface area contributed by atoms with Gasteiger partial charge >= 0.3 is 0 Å². The van der Waals surface area contributed by atoms with Crippen LogP contribution in [0.25, 0.3) is 10.2 Å². The van der Waals surface area contributed by atoms with Crippen LogP contribution in [0.15, 0.2) is 0 Å². The maximum atomic E-state index is 13.2. The van der Waals surface area contributed by atoms with Gasteiger partial charge in [0, 0.05) is 23.9 Å². The van der Waals surface area contributed by atoms with E-state index < -0.39 is 9.84 Å². The number of hydrogen-bond acceptors (Lipinski definition) is 6. The summed E-state index contributed by atoms with van der Waals surface area (Å²) in [5, 5.41) is 0.970. The number of nitrogens with zero attached hydrogens (tertiary/aromatic N) is 3. The van der Waals surface area contributed by atoms with Gasteiger partial charge in [0.1, 0.15) is 10.7 Å². The number of carbonyl (C=O) groups is 1. The second-order valence-electron chi connectivity index (χ2n) is 7.33. The summed E-state index contributed by atoms with van der Waals surface area (Å²) in [6, 6.07) is -0.226. The van der Waals surface area contributed by atoms with Gasteiger partial charge < -0.3 is 4.90 Å². The van der Waals surface area contributed by atoms with Gasteiger partial charge in [0.15, 0.2) is 9.84 Å². The van der Waals surface area contributed by atoms with Gasteiger partial charge in [0.25, 0.3) is 5.91 Å². The van der Waals surface area contributed by atoms with Gasteiger partial charge in [-0.2, -0.15) is 0 Å². The summed E-state index contributed by atoms with van der Waals surface area (Å²) in [7, 11) is -3.03. The zero-order valence-electron chi connectivity index (χ0n) is 15.3. The predicted octanol–water partition coefficient (Wildman–Crippen LogP) is 2.83. The van der Waals surface area contributed by atoms with E-state index in [2.05, 4.69) is 4.98 Å². The zero-order chi connectivity index (χ0) is 18.6. The SMILES string of the molecule is CCN(C(=O)c1sc2nc(C3CC3)nc(C)c2c1C)[C@@H]1CCS(=O)(=O)C1. The molecule has 1 aliphatic heterocycles. The van der Waals surface area contributed by atoms with E-state index in [-0.39, 0.29) is 23.5 Å². The van der Waals surface area contributed by atoms with Crippen LogP contribution in [0.2, 0.25) is 0 Å². The Morgan fingerprint density at radius 2 is 1.96 bits per heavy atom. The van der Waals surface area contributed by atoms with Crippen molar-refractivity contribution in [2.24, 2.45) is 0 Å². The monoisotopic (exact) mass is 393 g/mol. The Kier molecular flexibility index (Phi) is 4.30. The topological polar surface area (TPSA) is 80.2 Å². The van der Waals surface area contributed by atoms with Crippen molar-refractivity contribution in [2.75, 3.05) is 18.1 Å². The van der Waals surface area contributed by atoms with Gasteiger partial charge in [0.2, 0.25) is 0 Å². The van der Waals surface area contributed by atoms with E-state index in [0.717, 1.165) is 40.1 Å². The average Bonchev–Trinajstić information content (AvgIpc) is 3.29. The minimum absolute atomic E-state index is 0.0706. The van der Waals surface area contributed by atoms with E-state index in [1.807, 2.05) is 20.8 Å². The minimum Gasteiger partial charge on any atom is -0.334 e. The normalized spacial score (nSPS) is 22.0. The fourth-order valence-corrected chi connectivity index (χ4v) is 6.73. The molecule has 0 bridgehead atoms. The Bertz CT molecular complexity index is 993. The molecule has 2 aromatic heterocycles. The van der Waals surface area contributed by atoms with Gasteiger partial charge in [-0.05, 0) is 45.6 Å². The summed E-state index contributed by atoms with van der Waals surface area (Å²) in [5.41, 5.74) is 1.84. The Morgan fingerprint density at radius 3 is 2.54 bits per heavy atom. The lowest BCUT2D eigenvalue weighted by Crippen LogP contribution is -2.40. The first kappa shape index (κ1) is 17.9. The lowest BCUT2D eigenvalue weighted by atomic mass is 10.1. The Morgan fingerprint density at radius 1 is 1.23 bits per heavy atom. The molecule has 0 radical (unpaired) electrons. The minimum atomic E-state index is -3.03. The third-order valence-corrected chi connectivity index (χ3v) is 8.30. The molecule has 1 atom stereocenters. The van der Waals surface area contributed by atoms with Crippen LogP contribution in [-0.4, -0.2) is 53.3 Å². The van der Waals surface area contributed by atoms with Crippen LogP contribution in [0.5, 0.6) is 0 Å². The molecule has 140 valence electrons. The van der Waals surface area contributed by atoms with Crippen LogP contribution in [0, 0.1) is 13.8 Å². The molecule has 2 aromatic rings. The maximum absolute atomic E-state index is 13.2. The Hall–Kier alpha value is -1.54. The van der Waals surface area contributed by atoms with Gasteiger partial charge in [0.05, 0.1) is 22.1 Å². The van der Waals surface area contributed by atoms with Crippen molar-refractivity contribution in [3.63, 3.8) is 0 Å². The second kappa shape index (κ2) is 6.27. The number of thiophene rings is 1. The summed E-state index contributed by atoms with van der Waals surface area (Å²) < 4.78 is 23.7. The molecule has 26 heavy (non-hydrogen) atoms.